The summed E-state index contributed by atoms with van der Waals surface area (Å²) in [4.78, 5) is 12.3. The summed E-state index contributed by atoms with van der Waals surface area (Å²) < 4.78 is 5.06. The fourth-order valence-corrected chi connectivity index (χ4v) is 2.51. The molecule has 4 nitrogen and oxygen atoms in total. The van der Waals surface area contributed by atoms with Crippen LogP contribution in [0.1, 0.15) is 21.5 Å². The molecule has 0 aromatic heterocycles. The Hall–Kier alpha value is -2.75. The Balaban J connectivity index is 1.97. The van der Waals surface area contributed by atoms with Crippen LogP contribution in [0.3, 0.4) is 0 Å². The van der Waals surface area contributed by atoms with Crippen molar-refractivity contribution in [2.24, 2.45) is 0 Å². The van der Waals surface area contributed by atoms with Crippen molar-refractivity contribution in [2.75, 3.05) is 7.11 Å². The van der Waals surface area contributed by atoms with E-state index in [-0.39, 0.29) is 17.3 Å². The third kappa shape index (κ3) is 2.36. The summed E-state index contributed by atoms with van der Waals surface area (Å²) in [6.07, 6.45) is 2.27. The molecule has 2 aromatic carbocycles. The molecule has 3 rings (SSSR count). The second kappa shape index (κ2) is 4.98. The van der Waals surface area contributed by atoms with E-state index in [0.717, 1.165) is 11.1 Å². The molecule has 1 aliphatic carbocycles. The number of phenols is 2. The van der Waals surface area contributed by atoms with Gasteiger partial charge in [0.15, 0.2) is 17.3 Å². The number of hydrogen-bond acceptors (Lipinski definition) is 4. The van der Waals surface area contributed by atoms with Gasteiger partial charge in [-0.15, -0.1) is 0 Å². The van der Waals surface area contributed by atoms with Crippen molar-refractivity contribution in [3.8, 4) is 17.2 Å². The van der Waals surface area contributed by atoms with Crippen molar-refractivity contribution in [1.29, 1.82) is 0 Å². The van der Waals surface area contributed by atoms with Crippen LogP contribution in [-0.4, -0.2) is 23.1 Å². The first kappa shape index (κ1) is 13.2. The first-order valence-electron chi connectivity index (χ1n) is 6.52. The zero-order valence-electron chi connectivity index (χ0n) is 11.5. The minimum absolute atomic E-state index is 0.0305. The smallest absolute Gasteiger partial charge is 0.189 e. The van der Waals surface area contributed by atoms with Crippen LogP contribution in [0.25, 0.3) is 6.08 Å². The quantitative estimate of drug-likeness (QED) is 0.831. The largest absolute Gasteiger partial charge is 0.508 e. The summed E-state index contributed by atoms with van der Waals surface area (Å²) in [6, 6.07) is 9.71. The summed E-state index contributed by atoms with van der Waals surface area (Å²) in [5.41, 5.74) is 2.90. The Morgan fingerprint density at radius 2 is 1.95 bits per heavy atom. The lowest BCUT2D eigenvalue weighted by Gasteiger charge is -2.04. The highest BCUT2D eigenvalue weighted by molar-refractivity contribution is 6.15. The van der Waals surface area contributed by atoms with E-state index in [1.807, 2.05) is 0 Å². The monoisotopic (exact) mass is 282 g/mol. The number of phenolic OH excluding ortho intramolecular Hbond substituents is 2. The van der Waals surface area contributed by atoms with Gasteiger partial charge in [-0.05, 0) is 47.5 Å². The number of fused-ring (bicyclic) bond motifs is 1. The molecule has 0 unspecified atom stereocenters. The Morgan fingerprint density at radius 3 is 2.71 bits per heavy atom. The molecule has 0 spiro atoms. The van der Waals surface area contributed by atoms with E-state index in [9.17, 15) is 15.0 Å². The standard InChI is InChI=1S/C17H14O4/c1-21-16-7-10(2-5-15(16)19)6-12-8-11-9-13(18)3-4-14(11)17(12)20/h2-7,9,18-19H,8H2,1H3/b12-6+. The number of carbonyl (C=O) groups is 1. The van der Waals surface area contributed by atoms with E-state index in [4.69, 9.17) is 4.74 Å². The molecule has 0 radical (unpaired) electrons. The molecular weight excluding hydrogens is 268 g/mol. The van der Waals surface area contributed by atoms with Crippen LogP contribution in [0.4, 0.5) is 0 Å². The molecule has 0 bridgehead atoms. The second-order valence-corrected chi connectivity index (χ2v) is 4.95. The van der Waals surface area contributed by atoms with Gasteiger partial charge in [-0.2, -0.15) is 0 Å². The highest BCUT2D eigenvalue weighted by Crippen LogP contribution is 2.32. The molecule has 0 saturated carbocycles. The Bertz CT molecular complexity index is 759. The van der Waals surface area contributed by atoms with Crippen LogP contribution in [0, 0.1) is 0 Å². The number of ketones is 1. The number of ether oxygens (including phenoxy) is 1. The molecule has 1 aliphatic rings. The van der Waals surface area contributed by atoms with Crippen LogP contribution in [0.2, 0.25) is 0 Å². The number of Topliss-reactive ketones (excluding diaryl/α,β-unsaturated/α-hetero) is 1. The van der Waals surface area contributed by atoms with E-state index in [1.165, 1.54) is 19.2 Å². The van der Waals surface area contributed by atoms with Crippen molar-refractivity contribution in [3.05, 3.63) is 58.7 Å². The number of rotatable bonds is 2. The Kier molecular flexibility index (Phi) is 3.14. The van der Waals surface area contributed by atoms with Crippen LogP contribution < -0.4 is 4.74 Å². The lowest BCUT2D eigenvalue weighted by Crippen LogP contribution is -1.95. The lowest BCUT2D eigenvalue weighted by molar-refractivity contribution is 0.104. The maximum Gasteiger partial charge on any atom is 0.189 e. The Morgan fingerprint density at radius 1 is 1.14 bits per heavy atom. The zero-order chi connectivity index (χ0) is 15.0. The molecule has 2 aromatic rings. The summed E-state index contributed by atoms with van der Waals surface area (Å²) in [5, 5.41) is 19.1. The third-order valence-electron chi connectivity index (χ3n) is 3.55. The minimum Gasteiger partial charge on any atom is -0.508 e. The summed E-state index contributed by atoms with van der Waals surface area (Å²) in [7, 11) is 1.48. The summed E-state index contributed by atoms with van der Waals surface area (Å²) >= 11 is 0. The predicted octanol–water partition coefficient (Wildman–Crippen LogP) is 2.93. The second-order valence-electron chi connectivity index (χ2n) is 4.95. The van der Waals surface area contributed by atoms with Crippen molar-refractivity contribution in [3.63, 3.8) is 0 Å². The summed E-state index contributed by atoms with van der Waals surface area (Å²) in [6.45, 7) is 0. The van der Waals surface area contributed by atoms with Crippen LogP contribution in [0.5, 0.6) is 17.2 Å². The van der Waals surface area contributed by atoms with Crippen LogP contribution in [0.15, 0.2) is 42.0 Å². The molecular formula is C17H14O4. The molecule has 106 valence electrons. The van der Waals surface area contributed by atoms with Gasteiger partial charge in [-0.25, -0.2) is 0 Å². The maximum absolute atomic E-state index is 12.3. The first-order chi connectivity index (χ1) is 10.1. The van der Waals surface area contributed by atoms with Gasteiger partial charge in [-0.3, -0.25) is 4.79 Å². The molecule has 0 fully saturated rings. The molecule has 0 aliphatic heterocycles. The molecule has 2 N–H and O–H groups in total. The fourth-order valence-electron chi connectivity index (χ4n) is 2.51. The maximum atomic E-state index is 12.3. The van der Waals surface area contributed by atoms with Crippen molar-refractivity contribution >= 4 is 11.9 Å². The minimum atomic E-state index is -0.0305. The van der Waals surface area contributed by atoms with E-state index in [0.29, 0.717) is 23.3 Å². The predicted molar refractivity (Wildman–Crippen MR) is 78.8 cm³/mol. The first-order valence-corrected chi connectivity index (χ1v) is 6.52. The SMILES string of the molecule is COc1cc(/C=C2\Cc3cc(O)ccc3C2=O)ccc1O. The van der Waals surface area contributed by atoms with Gasteiger partial charge in [0.25, 0.3) is 0 Å². The Labute approximate surface area is 121 Å². The van der Waals surface area contributed by atoms with Crippen molar-refractivity contribution in [1.82, 2.24) is 0 Å². The molecule has 4 heteroatoms. The van der Waals surface area contributed by atoms with E-state index < -0.39 is 0 Å². The number of methoxy groups -OCH3 is 1. The van der Waals surface area contributed by atoms with Gasteiger partial charge in [0, 0.05) is 17.6 Å². The van der Waals surface area contributed by atoms with E-state index in [2.05, 4.69) is 0 Å². The fraction of sp³-hybridized carbons (Fsp3) is 0.118. The number of allylic oxidation sites excluding steroid dienone is 1. The zero-order valence-corrected chi connectivity index (χ0v) is 11.5. The summed E-state index contributed by atoms with van der Waals surface area (Å²) in [5.74, 6) is 0.557. The van der Waals surface area contributed by atoms with Gasteiger partial charge in [0.2, 0.25) is 0 Å². The molecule has 21 heavy (non-hydrogen) atoms. The van der Waals surface area contributed by atoms with Crippen molar-refractivity contribution < 1.29 is 19.7 Å². The van der Waals surface area contributed by atoms with Crippen LogP contribution in [-0.2, 0) is 6.42 Å². The molecule has 0 heterocycles. The van der Waals surface area contributed by atoms with Gasteiger partial charge in [0.05, 0.1) is 7.11 Å². The normalized spacial score (nSPS) is 15.3. The van der Waals surface area contributed by atoms with E-state index in [1.54, 1.807) is 30.3 Å². The van der Waals surface area contributed by atoms with E-state index >= 15 is 0 Å². The molecule has 0 atom stereocenters. The van der Waals surface area contributed by atoms with Gasteiger partial charge in [0.1, 0.15) is 5.75 Å². The highest BCUT2D eigenvalue weighted by atomic mass is 16.5. The van der Waals surface area contributed by atoms with Gasteiger partial charge < -0.3 is 14.9 Å². The average Bonchev–Trinajstić information content (AvgIpc) is 2.76. The van der Waals surface area contributed by atoms with Gasteiger partial charge in [-0.1, -0.05) is 6.07 Å². The average molecular weight is 282 g/mol. The number of benzene rings is 2. The topological polar surface area (TPSA) is 66.8 Å². The van der Waals surface area contributed by atoms with Crippen LogP contribution >= 0.6 is 0 Å². The lowest BCUT2D eigenvalue weighted by atomic mass is 10.1. The number of aromatic hydroxyl groups is 2. The molecule has 0 amide bonds. The highest BCUT2D eigenvalue weighted by Gasteiger charge is 2.24. The molecule has 0 saturated heterocycles. The number of hydrogen-bond donors (Lipinski definition) is 2. The van der Waals surface area contributed by atoms with Gasteiger partial charge >= 0.3 is 0 Å². The number of carbonyl (C=O) groups excluding carboxylic acids is 1. The van der Waals surface area contributed by atoms with Crippen molar-refractivity contribution in [2.45, 2.75) is 6.42 Å². The third-order valence-corrected chi connectivity index (χ3v) is 3.55.